The maximum Gasteiger partial charge on any atom is 0.329 e. The van der Waals surface area contributed by atoms with Crippen molar-refractivity contribution in [3.63, 3.8) is 0 Å². The van der Waals surface area contributed by atoms with Crippen molar-refractivity contribution in [2.24, 2.45) is 0 Å². The summed E-state index contributed by atoms with van der Waals surface area (Å²) in [4.78, 5) is 35.9. The summed E-state index contributed by atoms with van der Waals surface area (Å²) >= 11 is 7.51. The van der Waals surface area contributed by atoms with E-state index in [-0.39, 0.29) is 17.1 Å². The summed E-state index contributed by atoms with van der Waals surface area (Å²) in [5.41, 5.74) is 0.262. The van der Waals surface area contributed by atoms with Crippen molar-refractivity contribution in [3.8, 4) is 12.3 Å². The lowest BCUT2D eigenvalue weighted by Gasteiger charge is -2.17. The molecular formula is C17H19ClN2O4S. The van der Waals surface area contributed by atoms with E-state index in [0.717, 1.165) is 0 Å². The zero-order valence-electron chi connectivity index (χ0n) is 13.7. The first-order chi connectivity index (χ1) is 12.0. The van der Waals surface area contributed by atoms with Gasteiger partial charge in [-0.1, -0.05) is 29.7 Å². The van der Waals surface area contributed by atoms with Gasteiger partial charge in [0, 0.05) is 0 Å². The number of rotatable bonds is 9. The third kappa shape index (κ3) is 7.50. The second kappa shape index (κ2) is 11.4. The highest BCUT2D eigenvalue weighted by atomic mass is 35.5. The molecule has 0 aliphatic carbocycles. The molecule has 0 aromatic heterocycles. The second-order valence-corrected chi connectivity index (χ2v) is 6.27. The molecule has 0 saturated heterocycles. The van der Waals surface area contributed by atoms with Crippen LogP contribution in [0, 0.1) is 12.3 Å². The first kappa shape index (κ1) is 20.9. The third-order valence-corrected chi connectivity index (χ3v) is 4.03. The maximum absolute atomic E-state index is 12.3. The number of hydrogen-bond acceptors (Lipinski definition) is 5. The summed E-state index contributed by atoms with van der Waals surface area (Å²) < 4.78 is 4.95. The average Bonchev–Trinajstić information content (AvgIpc) is 2.61. The summed E-state index contributed by atoms with van der Waals surface area (Å²) in [6, 6.07) is 5.64. The first-order valence-electron chi connectivity index (χ1n) is 7.40. The summed E-state index contributed by atoms with van der Waals surface area (Å²) in [6.07, 6.45) is 7.27. The summed E-state index contributed by atoms with van der Waals surface area (Å²) in [7, 11) is 0. The van der Waals surface area contributed by atoms with Crippen LogP contribution in [0.25, 0.3) is 0 Å². The molecule has 1 aromatic carbocycles. The predicted octanol–water partition coefficient (Wildman–Crippen LogP) is 1.48. The Bertz CT molecular complexity index is 660. The van der Waals surface area contributed by atoms with Crippen LogP contribution in [-0.4, -0.2) is 49.0 Å². The van der Waals surface area contributed by atoms with Crippen molar-refractivity contribution in [2.45, 2.75) is 12.5 Å². The van der Waals surface area contributed by atoms with Gasteiger partial charge in [-0.05, 0) is 30.6 Å². The number of terminal acetylenes is 1. The van der Waals surface area contributed by atoms with Crippen molar-refractivity contribution >= 4 is 41.1 Å². The van der Waals surface area contributed by atoms with Crippen LogP contribution in [-0.2, 0) is 14.3 Å². The Morgan fingerprint density at radius 1 is 1.36 bits per heavy atom. The normalized spacial score (nSPS) is 11.1. The lowest BCUT2D eigenvalue weighted by atomic mass is 10.1. The van der Waals surface area contributed by atoms with E-state index >= 15 is 0 Å². The SMILES string of the molecule is C#CCNC(=O)COC(=O)C(CCSC)NC(=O)c1ccccc1Cl. The van der Waals surface area contributed by atoms with Gasteiger partial charge in [-0.3, -0.25) is 9.59 Å². The quantitative estimate of drug-likeness (QED) is 0.499. The lowest BCUT2D eigenvalue weighted by molar-refractivity contribution is -0.150. The summed E-state index contributed by atoms with van der Waals surface area (Å²) in [6.45, 7) is -0.409. The molecule has 0 aliphatic rings. The Labute approximate surface area is 156 Å². The molecule has 2 N–H and O–H groups in total. The van der Waals surface area contributed by atoms with Crippen molar-refractivity contribution in [2.75, 3.05) is 25.2 Å². The van der Waals surface area contributed by atoms with E-state index in [1.165, 1.54) is 11.8 Å². The molecule has 1 unspecified atom stereocenters. The van der Waals surface area contributed by atoms with Gasteiger partial charge in [-0.15, -0.1) is 6.42 Å². The molecule has 134 valence electrons. The molecule has 0 spiro atoms. The van der Waals surface area contributed by atoms with Crippen molar-refractivity contribution in [3.05, 3.63) is 34.9 Å². The van der Waals surface area contributed by atoms with E-state index in [2.05, 4.69) is 16.6 Å². The zero-order chi connectivity index (χ0) is 18.7. The Hall–Kier alpha value is -2.17. The number of halogens is 1. The van der Waals surface area contributed by atoms with Crippen LogP contribution in [0.2, 0.25) is 5.02 Å². The number of amides is 2. The number of hydrogen-bond donors (Lipinski definition) is 2. The van der Waals surface area contributed by atoms with Gasteiger partial charge in [0.1, 0.15) is 6.04 Å². The van der Waals surface area contributed by atoms with Gasteiger partial charge in [0.2, 0.25) is 0 Å². The zero-order valence-corrected chi connectivity index (χ0v) is 15.3. The molecule has 0 fully saturated rings. The average molecular weight is 383 g/mol. The van der Waals surface area contributed by atoms with Crippen LogP contribution in [0.4, 0.5) is 0 Å². The summed E-state index contributed by atoms with van der Waals surface area (Å²) in [5.74, 6) is 1.19. The standard InChI is InChI=1S/C17H19ClN2O4S/c1-3-9-19-15(21)11-24-17(23)14(8-10-25-2)20-16(22)12-6-4-5-7-13(12)18/h1,4-7,14H,8-11H2,2H3,(H,19,21)(H,20,22). The number of nitrogens with one attached hydrogen (secondary N) is 2. The van der Waals surface area contributed by atoms with Gasteiger partial charge < -0.3 is 15.4 Å². The van der Waals surface area contributed by atoms with Gasteiger partial charge >= 0.3 is 5.97 Å². The summed E-state index contributed by atoms with van der Waals surface area (Å²) in [5, 5.41) is 5.27. The van der Waals surface area contributed by atoms with Crippen LogP contribution >= 0.6 is 23.4 Å². The lowest BCUT2D eigenvalue weighted by Crippen LogP contribution is -2.43. The molecule has 0 heterocycles. The Morgan fingerprint density at radius 2 is 2.08 bits per heavy atom. The van der Waals surface area contributed by atoms with Gasteiger partial charge in [-0.2, -0.15) is 11.8 Å². The molecule has 6 nitrogen and oxygen atoms in total. The van der Waals surface area contributed by atoms with Gasteiger partial charge in [-0.25, -0.2) is 4.79 Å². The second-order valence-electron chi connectivity index (χ2n) is 4.88. The van der Waals surface area contributed by atoms with Crippen molar-refractivity contribution in [1.82, 2.24) is 10.6 Å². The van der Waals surface area contributed by atoms with E-state index in [0.29, 0.717) is 12.2 Å². The molecule has 1 rings (SSSR count). The van der Waals surface area contributed by atoms with Crippen molar-refractivity contribution < 1.29 is 19.1 Å². The minimum Gasteiger partial charge on any atom is -0.454 e. The number of carbonyl (C=O) groups excluding carboxylic acids is 3. The van der Waals surface area contributed by atoms with Crippen LogP contribution in [0.15, 0.2) is 24.3 Å². The third-order valence-electron chi connectivity index (χ3n) is 3.05. The number of esters is 1. The highest BCUT2D eigenvalue weighted by Crippen LogP contribution is 2.15. The number of thioether (sulfide) groups is 1. The van der Waals surface area contributed by atoms with E-state index in [1.807, 2.05) is 6.26 Å². The molecule has 2 amide bonds. The number of carbonyl (C=O) groups is 3. The van der Waals surface area contributed by atoms with Crippen molar-refractivity contribution in [1.29, 1.82) is 0 Å². The molecule has 1 aromatic rings. The minimum atomic E-state index is -0.878. The topological polar surface area (TPSA) is 84.5 Å². The van der Waals surface area contributed by atoms with Crippen LogP contribution in [0.5, 0.6) is 0 Å². The Kier molecular flexibility index (Phi) is 9.51. The fourth-order valence-corrected chi connectivity index (χ4v) is 2.50. The van der Waals surface area contributed by atoms with Crippen LogP contribution in [0.3, 0.4) is 0 Å². The molecule has 0 aliphatic heterocycles. The molecule has 0 bridgehead atoms. The van der Waals surface area contributed by atoms with Crippen LogP contribution < -0.4 is 10.6 Å². The fraction of sp³-hybridized carbons (Fsp3) is 0.353. The smallest absolute Gasteiger partial charge is 0.329 e. The molecule has 25 heavy (non-hydrogen) atoms. The molecule has 8 heteroatoms. The number of benzene rings is 1. The highest BCUT2D eigenvalue weighted by molar-refractivity contribution is 7.98. The molecule has 0 radical (unpaired) electrons. The van der Waals surface area contributed by atoms with Gasteiger partial charge in [0.15, 0.2) is 6.61 Å². The molecule has 1 atom stereocenters. The van der Waals surface area contributed by atoms with E-state index in [1.54, 1.807) is 24.3 Å². The Morgan fingerprint density at radius 3 is 2.72 bits per heavy atom. The minimum absolute atomic E-state index is 0.0511. The molecule has 0 saturated carbocycles. The van der Waals surface area contributed by atoms with E-state index in [9.17, 15) is 14.4 Å². The highest BCUT2D eigenvalue weighted by Gasteiger charge is 2.24. The molecular weight excluding hydrogens is 364 g/mol. The van der Waals surface area contributed by atoms with Crippen LogP contribution in [0.1, 0.15) is 16.8 Å². The Balaban J connectivity index is 2.68. The first-order valence-corrected chi connectivity index (χ1v) is 9.18. The predicted molar refractivity (Wildman–Crippen MR) is 98.5 cm³/mol. The van der Waals surface area contributed by atoms with E-state index < -0.39 is 30.4 Å². The maximum atomic E-state index is 12.3. The fourth-order valence-electron chi connectivity index (χ4n) is 1.80. The van der Waals surface area contributed by atoms with Gasteiger partial charge in [0.25, 0.3) is 11.8 Å². The van der Waals surface area contributed by atoms with E-state index in [4.69, 9.17) is 22.8 Å². The van der Waals surface area contributed by atoms with Gasteiger partial charge in [0.05, 0.1) is 17.1 Å². The number of ether oxygens (including phenoxy) is 1. The largest absolute Gasteiger partial charge is 0.454 e. The monoisotopic (exact) mass is 382 g/mol.